The van der Waals surface area contributed by atoms with E-state index < -0.39 is 6.10 Å². The third-order valence-electron chi connectivity index (χ3n) is 5.97. The fraction of sp³-hybridized carbons (Fsp3) is 0.423. The molecule has 33 heavy (non-hydrogen) atoms. The minimum Gasteiger partial charge on any atom is -0.439 e. The van der Waals surface area contributed by atoms with Crippen molar-refractivity contribution >= 4 is 0 Å². The first-order valence-corrected chi connectivity index (χ1v) is 11.6. The average Bonchev–Trinajstić information content (AvgIpc) is 3.44. The average molecular weight is 454 g/mol. The van der Waals surface area contributed by atoms with Crippen molar-refractivity contribution in [3.8, 4) is 17.3 Å². The third kappa shape index (κ3) is 5.99. The molecule has 6 nitrogen and oxygen atoms in total. The number of halogens is 1. The summed E-state index contributed by atoms with van der Waals surface area (Å²) in [5.74, 6) is 0.814. The lowest BCUT2D eigenvalue weighted by molar-refractivity contribution is 0.0451. The zero-order valence-electron chi connectivity index (χ0n) is 19.3. The lowest BCUT2D eigenvalue weighted by Crippen LogP contribution is -2.37. The number of hydrogen-bond donors (Lipinski definition) is 1. The van der Waals surface area contributed by atoms with Crippen LogP contribution < -0.4 is 4.74 Å². The Labute approximate surface area is 194 Å². The maximum absolute atomic E-state index is 13.5. The number of aliphatic hydroxyl groups excluding tert-OH is 1. The molecule has 0 saturated carbocycles. The Morgan fingerprint density at radius 3 is 2.64 bits per heavy atom. The summed E-state index contributed by atoms with van der Waals surface area (Å²) in [7, 11) is 0. The first-order chi connectivity index (χ1) is 16.0. The van der Waals surface area contributed by atoms with Crippen molar-refractivity contribution in [1.82, 2.24) is 14.7 Å². The van der Waals surface area contributed by atoms with Gasteiger partial charge >= 0.3 is 0 Å². The number of para-hydroxylation sites is 1. The summed E-state index contributed by atoms with van der Waals surface area (Å²) in [5.41, 5.74) is 2.66. The summed E-state index contributed by atoms with van der Waals surface area (Å²) in [6, 6.07) is 15.8. The molecule has 1 aliphatic rings. The maximum atomic E-state index is 13.5. The molecule has 2 aromatic carbocycles. The maximum Gasteiger partial charge on any atom is 0.227 e. The molecule has 176 valence electrons. The second-order valence-corrected chi connectivity index (χ2v) is 8.56. The van der Waals surface area contributed by atoms with Gasteiger partial charge in [-0.25, -0.2) is 9.07 Å². The quantitative estimate of drug-likeness (QED) is 0.475. The van der Waals surface area contributed by atoms with Crippen molar-refractivity contribution in [2.45, 2.75) is 51.9 Å². The Morgan fingerprint density at radius 2 is 1.97 bits per heavy atom. The monoisotopic (exact) mass is 453 g/mol. The smallest absolute Gasteiger partial charge is 0.227 e. The van der Waals surface area contributed by atoms with E-state index in [0.717, 1.165) is 42.9 Å². The third-order valence-corrected chi connectivity index (χ3v) is 5.97. The van der Waals surface area contributed by atoms with Crippen LogP contribution in [0.1, 0.15) is 37.4 Å². The van der Waals surface area contributed by atoms with Gasteiger partial charge in [0.15, 0.2) is 0 Å². The van der Waals surface area contributed by atoms with Crippen molar-refractivity contribution in [1.29, 1.82) is 0 Å². The number of nitrogens with zero attached hydrogens (tertiary/aromatic N) is 3. The summed E-state index contributed by atoms with van der Waals surface area (Å²) in [6.07, 6.45) is 2.53. The Bertz CT molecular complexity index is 1020. The highest BCUT2D eigenvalue weighted by molar-refractivity contribution is 5.43. The van der Waals surface area contributed by atoms with E-state index in [1.165, 1.54) is 12.1 Å². The van der Waals surface area contributed by atoms with Crippen molar-refractivity contribution in [2.24, 2.45) is 0 Å². The standard InChI is InChI=1S/C26H32FN3O3/c1-3-22(31)16-29(17-24-10-7-15-32-24)18-25-19(2)28-30(21-8-5-4-6-9-21)26(25)33-23-13-11-20(27)12-14-23/h4-6,8-9,11-14,22,24,31H,3,7,10,15-18H2,1-2H3/t22-,24+/m1/s1. The lowest BCUT2D eigenvalue weighted by Gasteiger charge is -2.27. The molecule has 0 amide bonds. The Balaban J connectivity index is 1.68. The molecule has 4 rings (SSSR count). The fourth-order valence-corrected chi connectivity index (χ4v) is 4.11. The van der Waals surface area contributed by atoms with Gasteiger partial charge in [-0.1, -0.05) is 25.1 Å². The Kier molecular flexibility index (Phi) is 7.75. The molecule has 0 aliphatic carbocycles. The van der Waals surface area contributed by atoms with Gasteiger partial charge in [0, 0.05) is 26.2 Å². The van der Waals surface area contributed by atoms with Gasteiger partial charge in [0.2, 0.25) is 5.88 Å². The molecule has 1 fully saturated rings. The fourth-order valence-electron chi connectivity index (χ4n) is 4.11. The Hall–Kier alpha value is -2.74. The minimum absolute atomic E-state index is 0.167. The van der Waals surface area contributed by atoms with Gasteiger partial charge in [-0.05, 0) is 62.6 Å². The molecular weight excluding hydrogens is 421 g/mol. The zero-order chi connectivity index (χ0) is 23.2. The molecule has 2 heterocycles. The number of hydrogen-bond acceptors (Lipinski definition) is 5. The predicted octanol–water partition coefficient (Wildman–Crippen LogP) is 4.86. The molecular formula is C26H32FN3O3. The molecule has 1 saturated heterocycles. The van der Waals surface area contributed by atoms with Crippen LogP contribution in [-0.2, 0) is 11.3 Å². The van der Waals surface area contributed by atoms with Gasteiger partial charge in [0.25, 0.3) is 0 Å². The second-order valence-electron chi connectivity index (χ2n) is 8.56. The van der Waals surface area contributed by atoms with Crippen LogP contribution in [0.3, 0.4) is 0 Å². The van der Waals surface area contributed by atoms with Gasteiger partial charge in [-0.15, -0.1) is 0 Å². The first kappa shape index (κ1) is 23.4. The van der Waals surface area contributed by atoms with Gasteiger partial charge < -0.3 is 14.6 Å². The van der Waals surface area contributed by atoms with E-state index in [-0.39, 0.29) is 11.9 Å². The van der Waals surface area contributed by atoms with Crippen LogP contribution in [-0.4, -0.2) is 51.7 Å². The predicted molar refractivity (Wildman–Crippen MR) is 125 cm³/mol. The minimum atomic E-state index is -0.419. The van der Waals surface area contributed by atoms with Crippen molar-refractivity contribution in [3.63, 3.8) is 0 Å². The lowest BCUT2D eigenvalue weighted by atomic mass is 10.1. The molecule has 0 unspecified atom stereocenters. The van der Waals surface area contributed by atoms with Crippen LogP contribution in [0.15, 0.2) is 54.6 Å². The van der Waals surface area contributed by atoms with Crippen molar-refractivity contribution < 1.29 is 19.0 Å². The number of aryl methyl sites for hydroxylation is 1. The molecule has 0 spiro atoms. The highest BCUT2D eigenvalue weighted by atomic mass is 19.1. The van der Waals surface area contributed by atoms with Crippen LogP contribution >= 0.6 is 0 Å². The largest absolute Gasteiger partial charge is 0.439 e. The van der Waals surface area contributed by atoms with Crippen LogP contribution in [0.25, 0.3) is 5.69 Å². The topological polar surface area (TPSA) is 59.8 Å². The summed E-state index contributed by atoms with van der Waals surface area (Å²) in [6.45, 7) is 6.58. The number of ether oxygens (including phenoxy) is 2. The summed E-state index contributed by atoms with van der Waals surface area (Å²) in [5, 5.41) is 15.2. The van der Waals surface area contributed by atoms with Crippen molar-refractivity contribution in [2.75, 3.05) is 19.7 Å². The number of benzene rings is 2. The Morgan fingerprint density at radius 1 is 1.21 bits per heavy atom. The zero-order valence-corrected chi connectivity index (χ0v) is 19.3. The molecule has 2 atom stereocenters. The van der Waals surface area contributed by atoms with Crippen LogP contribution in [0.2, 0.25) is 0 Å². The second kappa shape index (κ2) is 10.9. The number of aromatic nitrogens is 2. The van der Waals surface area contributed by atoms with E-state index in [1.807, 2.05) is 44.2 Å². The van der Waals surface area contributed by atoms with E-state index in [4.69, 9.17) is 14.6 Å². The first-order valence-electron chi connectivity index (χ1n) is 11.6. The summed E-state index contributed by atoms with van der Waals surface area (Å²) >= 11 is 0. The summed E-state index contributed by atoms with van der Waals surface area (Å²) in [4.78, 5) is 2.22. The van der Waals surface area contributed by atoms with Gasteiger partial charge in [0.05, 0.1) is 29.2 Å². The molecule has 1 N–H and O–H groups in total. The van der Waals surface area contributed by atoms with Crippen LogP contribution in [0.4, 0.5) is 4.39 Å². The van der Waals surface area contributed by atoms with E-state index in [2.05, 4.69) is 4.90 Å². The molecule has 3 aromatic rings. The molecule has 0 radical (unpaired) electrons. The SMILES string of the molecule is CC[C@@H](O)CN(Cc1c(C)nn(-c2ccccc2)c1Oc1ccc(F)cc1)C[C@@H]1CCCO1. The van der Waals surface area contributed by atoms with Crippen LogP contribution in [0.5, 0.6) is 11.6 Å². The van der Waals surface area contributed by atoms with Gasteiger partial charge in [-0.3, -0.25) is 4.90 Å². The molecule has 1 aliphatic heterocycles. The van der Waals surface area contributed by atoms with E-state index >= 15 is 0 Å². The van der Waals surface area contributed by atoms with Crippen molar-refractivity contribution in [3.05, 3.63) is 71.7 Å². The molecule has 1 aromatic heterocycles. The number of rotatable bonds is 10. The van der Waals surface area contributed by atoms with E-state index in [1.54, 1.807) is 16.8 Å². The van der Waals surface area contributed by atoms with E-state index in [9.17, 15) is 9.50 Å². The van der Waals surface area contributed by atoms with Gasteiger partial charge in [-0.2, -0.15) is 5.10 Å². The normalized spacial score (nSPS) is 16.9. The van der Waals surface area contributed by atoms with E-state index in [0.29, 0.717) is 31.1 Å². The number of aliphatic hydroxyl groups is 1. The molecule has 7 heteroatoms. The highest BCUT2D eigenvalue weighted by Gasteiger charge is 2.25. The molecule has 0 bridgehead atoms. The van der Waals surface area contributed by atoms with Crippen LogP contribution in [0, 0.1) is 12.7 Å². The highest BCUT2D eigenvalue weighted by Crippen LogP contribution is 2.32. The summed E-state index contributed by atoms with van der Waals surface area (Å²) < 4.78 is 27.4. The van der Waals surface area contributed by atoms with Gasteiger partial charge in [0.1, 0.15) is 11.6 Å².